The number of hydrogen-bond acceptors (Lipinski definition) is 7. The molecule has 0 aliphatic heterocycles. The van der Waals surface area contributed by atoms with Crippen LogP contribution >= 0.6 is 23.1 Å². The predicted molar refractivity (Wildman–Crippen MR) is 105 cm³/mol. The summed E-state index contributed by atoms with van der Waals surface area (Å²) in [4.78, 5) is 23.2. The lowest BCUT2D eigenvalue weighted by molar-refractivity contribution is -0.137. The van der Waals surface area contributed by atoms with Gasteiger partial charge in [0.2, 0.25) is 11.0 Å². The van der Waals surface area contributed by atoms with E-state index in [1.807, 2.05) is 0 Å². The molecule has 0 saturated heterocycles. The molecule has 0 atom stereocenters. The van der Waals surface area contributed by atoms with Gasteiger partial charge in [-0.15, -0.1) is 10.2 Å². The molecule has 0 aliphatic carbocycles. The van der Waals surface area contributed by atoms with E-state index in [-0.39, 0.29) is 23.0 Å². The second-order valence-electron chi connectivity index (χ2n) is 6.73. The molecule has 0 radical (unpaired) electrons. The standard InChI is InChI=1S/C18H23N3O3S2/c1-18(2,3)13-8-5-12(6-9-13)7-10-14(22)19-16-20-21-17(26-16)25-11-15(23)24-4/h5-6,8-9H,7,10-11H2,1-4H3,(H,19,20,22). The van der Waals surface area contributed by atoms with Gasteiger partial charge in [-0.2, -0.15) is 0 Å². The Labute approximate surface area is 161 Å². The zero-order valence-electron chi connectivity index (χ0n) is 15.4. The maximum Gasteiger partial charge on any atom is 0.316 e. The SMILES string of the molecule is COC(=O)CSc1nnc(NC(=O)CCc2ccc(C(C)(C)C)cc2)s1. The molecular formula is C18H23N3O3S2. The third-order valence-electron chi connectivity index (χ3n) is 3.65. The molecule has 1 aromatic heterocycles. The van der Waals surface area contributed by atoms with E-state index in [9.17, 15) is 9.59 Å². The molecule has 1 N–H and O–H groups in total. The van der Waals surface area contributed by atoms with Crippen LogP contribution in [0.25, 0.3) is 0 Å². The Morgan fingerprint density at radius 2 is 1.88 bits per heavy atom. The number of rotatable bonds is 7. The first kappa shape index (κ1) is 20.4. The predicted octanol–water partition coefficient (Wildman–Crippen LogP) is 3.67. The number of benzene rings is 1. The Morgan fingerprint density at radius 3 is 2.50 bits per heavy atom. The van der Waals surface area contributed by atoms with Crippen LogP contribution in [0.5, 0.6) is 0 Å². The molecular weight excluding hydrogens is 370 g/mol. The summed E-state index contributed by atoms with van der Waals surface area (Å²) in [5.74, 6) is -0.261. The zero-order valence-corrected chi connectivity index (χ0v) is 17.0. The summed E-state index contributed by atoms with van der Waals surface area (Å²) < 4.78 is 5.18. The number of amides is 1. The molecule has 1 heterocycles. The largest absolute Gasteiger partial charge is 0.468 e. The van der Waals surface area contributed by atoms with Gasteiger partial charge in [0.15, 0.2) is 4.34 Å². The number of hydrogen-bond donors (Lipinski definition) is 1. The fourth-order valence-corrected chi connectivity index (χ4v) is 3.71. The van der Waals surface area contributed by atoms with Gasteiger partial charge in [-0.25, -0.2) is 0 Å². The summed E-state index contributed by atoms with van der Waals surface area (Å²) in [5.41, 5.74) is 2.52. The van der Waals surface area contributed by atoms with Crippen LogP contribution in [0.3, 0.4) is 0 Å². The second-order valence-corrected chi connectivity index (χ2v) is 8.93. The van der Waals surface area contributed by atoms with Gasteiger partial charge in [-0.3, -0.25) is 9.59 Å². The number of methoxy groups -OCH3 is 1. The Kier molecular flexibility index (Phi) is 7.16. The highest BCUT2D eigenvalue weighted by atomic mass is 32.2. The average Bonchev–Trinajstić information content (AvgIpc) is 3.04. The van der Waals surface area contributed by atoms with Gasteiger partial charge in [0.25, 0.3) is 0 Å². The van der Waals surface area contributed by atoms with Crippen LogP contribution in [0.2, 0.25) is 0 Å². The first-order valence-corrected chi connectivity index (χ1v) is 10.0. The third kappa shape index (κ3) is 6.42. The van der Waals surface area contributed by atoms with Crippen molar-refractivity contribution >= 4 is 40.1 Å². The lowest BCUT2D eigenvalue weighted by Gasteiger charge is -2.19. The number of carbonyl (C=O) groups excluding carboxylic acids is 2. The van der Waals surface area contributed by atoms with Gasteiger partial charge in [0, 0.05) is 6.42 Å². The molecule has 1 aromatic carbocycles. The summed E-state index contributed by atoms with van der Waals surface area (Å²) >= 11 is 2.47. The average molecular weight is 394 g/mol. The van der Waals surface area contributed by atoms with Crippen LogP contribution in [0.15, 0.2) is 28.6 Å². The smallest absolute Gasteiger partial charge is 0.316 e. The van der Waals surface area contributed by atoms with Crippen LogP contribution in [-0.2, 0) is 26.2 Å². The van der Waals surface area contributed by atoms with Crippen molar-refractivity contribution in [3.8, 4) is 0 Å². The number of nitrogens with zero attached hydrogens (tertiary/aromatic N) is 2. The third-order valence-corrected chi connectivity index (χ3v) is 5.60. The fraction of sp³-hybridized carbons (Fsp3) is 0.444. The minimum Gasteiger partial charge on any atom is -0.468 e. The Hall–Kier alpha value is -1.93. The summed E-state index contributed by atoms with van der Waals surface area (Å²) in [5, 5.41) is 11.0. The lowest BCUT2D eigenvalue weighted by atomic mass is 9.86. The molecule has 26 heavy (non-hydrogen) atoms. The van der Waals surface area contributed by atoms with E-state index in [2.05, 4.69) is 65.3 Å². The van der Waals surface area contributed by atoms with E-state index in [4.69, 9.17) is 0 Å². The Balaban J connectivity index is 1.80. The van der Waals surface area contributed by atoms with Crippen LogP contribution in [0.1, 0.15) is 38.3 Å². The molecule has 8 heteroatoms. The van der Waals surface area contributed by atoms with Gasteiger partial charge >= 0.3 is 5.97 Å². The number of nitrogens with one attached hydrogen (secondary N) is 1. The van der Waals surface area contributed by atoms with Gasteiger partial charge in [0.05, 0.1) is 12.9 Å². The highest BCUT2D eigenvalue weighted by Crippen LogP contribution is 2.26. The maximum atomic E-state index is 12.1. The highest BCUT2D eigenvalue weighted by Gasteiger charge is 2.13. The molecule has 2 rings (SSSR count). The number of anilines is 1. The molecule has 0 aliphatic rings. The number of ether oxygens (including phenoxy) is 1. The van der Waals surface area contributed by atoms with Crippen molar-refractivity contribution in [2.75, 3.05) is 18.2 Å². The number of aromatic nitrogens is 2. The van der Waals surface area contributed by atoms with E-state index < -0.39 is 0 Å². The van der Waals surface area contributed by atoms with Crippen LogP contribution in [0, 0.1) is 0 Å². The highest BCUT2D eigenvalue weighted by molar-refractivity contribution is 8.01. The van der Waals surface area contributed by atoms with E-state index in [0.29, 0.717) is 22.3 Å². The molecule has 0 bridgehead atoms. The van der Waals surface area contributed by atoms with Crippen LogP contribution in [0.4, 0.5) is 5.13 Å². The van der Waals surface area contributed by atoms with E-state index >= 15 is 0 Å². The molecule has 6 nitrogen and oxygen atoms in total. The molecule has 1 amide bonds. The quantitative estimate of drug-likeness (QED) is 0.439. The van der Waals surface area contributed by atoms with Crippen molar-refractivity contribution in [1.82, 2.24) is 10.2 Å². The molecule has 0 spiro atoms. The summed E-state index contributed by atoms with van der Waals surface area (Å²) in [7, 11) is 1.34. The van der Waals surface area contributed by atoms with Gasteiger partial charge in [0.1, 0.15) is 0 Å². The van der Waals surface area contributed by atoms with E-state index in [1.165, 1.54) is 35.8 Å². The summed E-state index contributed by atoms with van der Waals surface area (Å²) in [6.45, 7) is 6.53. The van der Waals surface area contributed by atoms with Crippen molar-refractivity contribution in [3.63, 3.8) is 0 Å². The van der Waals surface area contributed by atoms with Crippen molar-refractivity contribution in [2.45, 2.75) is 43.4 Å². The topological polar surface area (TPSA) is 81.2 Å². The normalized spacial score (nSPS) is 11.2. The van der Waals surface area contributed by atoms with E-state index in [0.717, 1.165) is 5.56 Å². The van der Waals surface area contributed by atoms with Crippen molar-refractivity contribution in [3.05, 3.63) is 35.4 Å². The molecule has 0 saturated carbocycles. The van der Waals surface area contributed by atoms with Crippen molar-refractivity contribution < 1.29 is 14.3 Å². The minimum atomic E-state index is -0.326. The van der Waals surface area contributed by atoms with Gasteiger partial charge in [-0.1, -0.05) is 68.1 Å². The van der Waals surface area contributed by atoms with Crippen LogP contribution in [-0.4, -0.2) is 34.9 Å². The van der Waals surface area contributed by atoms with Crippen LogP contribution < -0.4 is 5.32 Å². The second kappa shape index (κ2) is 9.14. The minimum absolute atomic E-state index is 0.106. The van der Waals surface area contributed by atoms with Crippen molar-refractivity contribution in [1.29, 1.82) is 0 Å². The zero-order chi connectivity index (χ0) is 19.2. The molecule has 140 valence electrons. The molecule has 2 aromatic rings. The fourth-order valence-electron chi connectivity index (χ4n) is 2.11. The monoisotopic (exact) mass is 393 g/mol. The first-order chi connectivity index (χ1) is 12.3. The number of carbonyl (C=O) groups is 2. The number of esters is 1. The number of thioether (sulfide) groups is 1. The summed E-state index contributed by atoms with van der Waals surface area (Å²) in [6.07, 6.45) is 1.04. The molecule has 0 unspecified atom stereocenters. The molecule has 0 fully saturated rings. The maximum absolute atomic E-state index is 12.1. The van der Waals surface area contributed by atoms with E-state index in [1.54, 1.807) is 0 Å². The van der Waals surface area contributed by atoms with Gasteiger partial charge in [-0.05, 0) is 23.0 Å². The first-order valence-electron chi connectivity index (χ1n) is 8.20. The van der Waals surface area contributed by atoms with Gasteiger partial charge < -0.3 is 10.1 Å². The lowest BCUT2D eigenvalue weighted by Crippen LogP contribution is -2.13. The Morgan fingerprint density at radius 1 is 1.19 bits per heavy atom. The summed E-state index contributed by atoms with van der Waals surface area (Å²) in [6, 6.07) is 8.37. The van der Waals surface area contributed by atoms with Crippen molar-refractivity contribution in [2.24, 2.45) is 0 Å². The number of aryl methyl sites for hydroxylation is 1. The Bertz CT molecular complexity index is 752.